The van der Waals surface area contributed by atoms with Crippen LogP contribution in [-0.2, 0) is 39.9 Å². The van der Waals surface area contributed by atoms with Gasteiger partial charge in [0.15, 0.2) is 40.6 Å². The normalized spacial score (nSPS) is 19.1. The van der Waals surface area contributed by atoms with Gasteiger partial charge in [0.25, 0.3) is 0 Å². The van der Waals surface area contributed by atoms with Crippen molar-refractivity contribution in [3.63, 3.8) is 0 Å². The Morgan fingerprint density at radius 1 is 0.728 bits per heavy atom. The predicted octanol–water partition coefficient (Wildman–Crippen LogP) is 11.1. The molecule has 0 saturated heterocycles. The van der Waals surface area contributed by atoms with Gasteiger partial charge in [0.05, 0.1) is 28.5 Å². The maximum absolute atomic E-state index is 14.4. The van der Waals surface area contributed by atoms with Crippen LogP contribution in [0.25, 0.3) is 0 Å². The summed E-state index contributed by atoms with van der Waals surface area (Å²) in [4.78, 5) is 18.5. The number of carbonyl (C=O) groups is 1. The molecular weight excluding hydrogens is 1120 g/mol. The first kappa shape index (κ1) is 59.5. The second-order valence-corrected chi connectivity index (χ2v) is 27.2. The number of hydrogen-bond donors (Lipinski definition) is 6. The third-order valence-electron chi connectivity index (χ3n) is 13.6. The number of benzene rings is 2. The fourth-order valence-corrected chi connectivity index (χ4v) is 10.5. The van der Waals surface area contributed by atoms with Gasteiger partial charge in [-0.3, -0.25) is 5.10 Å². The van der Waals surface area contributed by atoms with Gasteiger partial charge in [-0.15, -0.1) is 20.4 Å². The molecule has 6 N–H and O–H groups in total. The summed E-state index contributed by atoms with van der Waals surface area (Å²) in [5.74, 6) is 0.721. The SMILES string of the molecule is C[Si](C)(C)CCOCn1ccc(Nc2cccc(CC3(c4nn[nH]n4)CCC(Oc4cccc(Cl)c4F)CC3)n2)n1.Fc1c(Cl)cccc1OC1CCC(Cc2cccc(Nc3ccn[nH]3)n2)(c2nn[nH]n2)CC1.O=C(O)C(F)(F)F. The number of aromatic amines is 3. The number of rotatable bonds is 19. The van der Waals surface area contributed by atoms with E-state index in [9.17, 15) is 22.0 Å². The molecule has 2 aromatic carbocycles. The predicted molar refractivity (Wildman–Crippen MR) is 291 cm³/mol. The third kappa shape index (κ3) is 16.7. The van der Waals surface area contributed by atoms with Crippen molar-refractivity contribution >= 4 is 60.5 Å². The van der Waals surface area contributed by atoms with Crippen LogP contribution >= 0.6 is 23.2 Å². The van der Waals surface area contributed by atoms with E-state index in [0.29, 0.717) is 74.4 Å². The van der Waals surface area contributed by atoms with Gasteiger partial charge in [0.1, 0.15) is 24.2 Å². The molecule has 0 aliphatic heterocycles. The summed E-state index contributed by atoms with van der Waals surface area (Å²) < 4.78 is 79.9. The number of tetrazole rings is 2. The number of aromatic nitrogens is 14. The molecule has 430 valence electrons. The Morgan fingerprint density at radius 3 is 1.67 bits per heavy atom. The van der Waals surface area contributed by atoms with E-state index >= 15 is 0 Å². The highest BCUT2D eigenvalue weighted by molar-refractivity contribution is 6.76. The van der Waals surface area contributed by atoms with Gasteiger partial charge in [0, 0.05) is 68.1 Å². The minimum atomic E-state index is -5.08. The molecule has 2 aliphatic rings. The van der Waals surface area contributed by atoms with E-state index in [1.165, 1.54) is 12.1 Å². The zero-order chi connectivity index (χ0) is 57.6. The molecule has 0 unspecified atom stereocenters. The fraction of sp³-hybridized carbons (Fsp3) is 0.404. The molecule has 6 heterocycles. The molecule has 21 nitrogen and oxygen atoms in total. The van der Waals surface area contributed by atoms with E-state index in [1.807, 2.05) is 54.7 Å². The second kappa shape index (κ2) is 26.8. The van der Waals surface area contributed by atoms with Crippen molar-refractivity contribution < 1.29 is 46.1 Å². The molecule has 2 aliphatic carbocycles. The summed E-state index contributed by atoms with van der Waals surface area (Å²) in [6, 6.07) is 26.2. The lowest BCUT2D eigenvalue weighted by molar-refractivity contribution is -0.192. The van der Waals surface area contributed by atoms with Crippen LogP contribution in [0, 0.1) is 11.6 Å². The van der Waals surface area contributed by atoms with Crippen LogP contribution in [0.1, 0.15) is 74.4 Å². The highest BCUT2D eigenvalue weighted by atomic mass is 35.5. The average Bonchev–Trinajstić information content (AvgIpc) is 4.32. The molecule has 10 rings (SSSR count). The van der Waals surface area contributed by atoms with Crippen molar-refractivity contribution in [2.75, 3.05) is 17.2 Å². The van der Waals surface area contributed by atoms with Gasteiger partial charge in [0.2, 0.25) is 0 Å². The standard InChI is InChI=1S/C28H36ClFN8O2Si.C22H22ClFN8O.C2HF3O2/c1-41(2,3)17-16-39-19-38-15-12-25(35-38)32-24-9-4-6-20(31-24)18-28(27-33-36-37-34-27)13-10-21(11-14-28)40-23-8-5-7-22(29)26(23)30;23-16-4-2-5-17(20(16)24)33-15-7-10-22(11-8-15,21-29-31-32-30-21)13-14-3-1-6-18(26-14)27-19-9-12-25-28-19;3-2(4,5)1(6)7/h4-9,12,15,21H,10-11,13-14,16-19H2,1-3H3,(H,31,32,35)(H,33,34,36,37);1-6,9,12,15H,7-8,10-11,13H2,(H2,25,26,27,28)(H,29,30,31,32);(H,6,7). The Kier molecular flexibility index (Phi) is 19.7. The maximum atomic E-state index is 14.4. The molecule has 0 bridgehead atoms. The molecule has 2 saturated carbocycles. The van der Waals surface area contributed by atoms with Crippen molar-refractivity contribution in [3.8, 4) is 11.5 Å². The second-order valence-electron chi connectivity index (χ2n) is 20.8. The molecule has 0 atom stereocenters. The van der Waals surface area contributed by atoms with Crippen LogP contribution in [0.4, 0.5) is 45.2 Å². The molecule has 81 heavy (non-hydrogen) atoms. The fourth-order valence-electron chi connectivity index (χ4n) is 9.38. The zero-order valence-electron chi connectivity index (χ0n) is 44.2. The number of H-pyrrole nitrogens is 3. The molecule has 6 aromatic heterocycles. The van der Waals surface area contributed by atoms with Crippen molar-refractivity contribution in [1.29, 1.82) is 0 Å². The van der Waals surface area contributed by atoms with Crippen LogP contribution in [0.15, 0.2) is 97.3 Å². The summed E-state index contributed by atoms with van der Waals surface area (Å²) in [7, 11) is -1.12. The number of hydrogen-bond acceptors (Lipinski definition) is 16. The van der Waals surface area contributed by atoms with Gasteiger partial charge in [-0.1, -0.05) is 77.5 Å². The third-order valence-corrected chi connectivity index (χ3v) is 15.9. The van der Waals surface area contributed by atoms with E-state index in [2.05, 4.69) is 86.8 Å². The number of ether oxygens (including phenoxy) is 3. The number of anilines is 4. The molecule has 29 heteroatoms. The van der Waals surface area contributed by atoms with Gasteiger partial charge >= 0.3 is 12.1 Å². The van der Waals surface area contributed by atoms with E-state index in [0.717, 1.165) is 55.5 Å². The first-order valence-corrected chi connectivity index (χ1v) is 30.3. The number of nitrogens with one attached hydrogen (secondary N) is 5. The Labute approximate surface area is 472 Å². The summed E-state index contributed by atoms with van der Waals surface area (Å²) in [6.45, 7) is 8.17. The van der Waals surface area contributed by atoms with E-state index < -0.39 is 31.9 Å². The lowest BCUT2D eigenvalue weighted by atomic mass is 9.69. The number of pyridine rings is 2. The van der Waals surface area contributed by atoms with Gasteiger partial charge in [-0.25, -0.2) is 28.2 Å². The molecule has 2 fully saturated rings. The molecule has 0 radical (unpaired) electrons. The summed E-state index contributed by atoms with van der Waals surface area (Å²) >= 11 is 11.8. The van der Waals surface area contributed by atoms with Crippen LogP contribution in [0.2, 0.25) is 35.7 Å². The monoisotopic (exact) mass is 1180 g/mol. The van der Waals surface area contributed by atoms with Crippen molar-refractivity contribution in [2.45, 2.75) is 126 Å². The van der Waals surface area contributed by atoms with Crippen molar-refractivity contribution in [2.24, 2.45) is 0 Å². The number of aliphatic carboxylic acids is 1. The molecule has 0 amide bonds. The maximum Gasteiger partial charge on any atom is 0.490 e. The Balaban J connectivity index is 0.000000193. The van der Waals surface area contributed by atoms with E-state index in [-0.39, 0.29) is 44.6 Å². The van der Waals surface area contributed by atoms with Crippen LogP contribution in [0.5, 0.6) is 11.5 Å². The average molecular weight is 1180 g/mol. The topological polar surface area (TPSA) is 270 Å². The van der Waals surface area contributed by atoms with Gasteiger partial charge < -0.3 is 30.0 Å². The van der Waals surface area contributed by atoms with Gasteiger partial charge in [-0.05, 0) is 106 Å². The molecule has 0 spiro atoms. The van der Waals surface area contributed by atoms with Crippen LogP contribution in [0.3, 0.4) is 0 Å². The lowest BCUT2D eigenvalue weighted by Gasteiger charge is -2.37. The number of alkyl halides is 3. The van der Waals surface area contributed by atoms with Crippen molar-refractivity contribution in [1.82, 2.24) is 71.2 Å². The van der Waals surface area contributed by atoms with Gasteiger partial charge in [-0.2, -0.15) is 33.8 Å². The van der Waals surface area contributed by atoms with Crippen LogP contribution in [-0.4, -0.2) is 115 Å². The Hall–Kier alpha value is -7.62. The summed E-state index contributed by atoms with van der Waals surface area (Å²) in [5.41, 5.74) is 1.08. The zero-order valence-corrected chi connectivity index (χ0v) is 46.7. The number of nitrogens with zero attached hydrogens (tertiary/aromatic N) is 11. The summed E-state index contributed by atoms with van der Waals surface area (Å²) in [5, 5.41) is 55.2. The minimum Gasteiger partial charge on any atom is -0.487 e. The smallest absolute Gasteiger partial charge is 0.487 e. The largest absolute Gasteiger partial charge is 0.490 e. The quantitative estimate of drug-likeness (QED) is 0.0249. The first-order chi connectivity index (χ1) is 38.7. The number of halogens is 7. The first-order valence-electron chi connectivity index (χ1n) is 25.8. The lowest BCUT2D eigenvalue weighted by Crippen LogP contribution is -2.38. The van der Waals surface area contributed by atoms with Crippen molar-refractivity contribution in [3.05, 3.63) is 142 Å². The number of carboxylic acids is 1. The number of carboxylic acid groups (broad SMARTS) is 1. The van der Waals surface area contributed by atoms with Crippen LogP contribution < -0.4 is 20.1 Å². The molecule has 8 aromatic rings. The Bertz CT molecular complexity index is 3250. The highest BCUT2D eigenvalue weighted by Gasteiger charge is 2.43. The Morgan fingerprint density at radius 2 is 1.22 bits per heavy atom. The molecular formula is C52H59Cl2F5N16O5Si. The highest BCUT2D eigenvalue weighted by Crippen LogP contribution is 2.43. The van der Waals surface area contributed by atoms with E-state index in [1.54, 1.807) is 35.1 Å². The summed E-state index contributed by atoms with van der Waals surface area (Å²) in [6.07, 6.45) is 5.29. The van der Waals surface area contributed by atoms with E-state index in [4.69, 9.17) is 57.3 Å². The minimum absolute atomic E-state index is 0.0524.